The highest BCUT2D eigenvalue weighted by Gasteiger charge is 2.04. The van der Waals surface area contributed by atoms with Gasteiger partial charge in [-0.2, -0.15) is 0 Å². The maximum absolute atomic E-state index is 9.15. The monoisotopic (exact) mass is 238 g/mol. The van der Waals surface area contributed by atoms with Crippen molar-refractivity contribution >= 4 is 22.6 Å². The minimum Gasteiger partial charge on any atom is -0.388 e. The lowest BCUT2D eigenvalue weighted by Crippen LogP contribution is -2.11. The highest BCUT2D eigenvalue weighted by molar-refractivity contribution is 14.1. The second kappa shape index (κ2) is 4.99. The molecule has 0 aromatic rings. The molecular weight excluding hydrogens is 227 g/mol. The molecule has 0 aliphatic rings. The van der Waals surface area contributed by atoms with Gasteiger partial charge in [-0.25, -0.2) is 0 Å². The van der Waals surface area contributed by atoms with Gasteiger partial charge >= 0.3 is 0 Å². The van der Waals surface area contributed by atoms with E-state index in [9.17, 15) is 0 Å². The average Bonchev–Trinajstić information content (AvgIpc) is 1.87. The summed E-state index contributed by atoms with van der Waals surface area (Å²) in [5.41, 5.74) is 0. The van der Waals surface area contributed by atoms with Crippen LogP contribution in [0.2, 0.25) is 0 Å². The summed E-state index contributed by atoms with van der Waals surface area (Å²) in [7, 11) is 0. The first-order valence-electron chi connectivity index (χ1n) is 2.80. The Bertz CT molecular complexity index is 109. The Kier molecular flexibility index (Phi) is 5.09. The maximum atomic E-state index is 9.15. The Morgan fingerprint density at radius 2 is 2.22 bits per heavy atom. The molecule has 9 heavy (non-hydrogen) atoms. The van der Waals surface area contributed by atoms with Crippen LogP contribution in [0.5, 0.6) is 0 Å². The molecule has 0 fully saturated rings. The fourth-order valence-corrected chi connectivity index (χ4v) is 0.815. The van der Waals surface area contributed by atoms with E-state index in [1.165, 1.54) is 0 Å². The van der Waals surface area contributed by atoms with Crippen molar-refractivity contribution in [3.05, 3.63) is 22.8 Å². The molecule has 0 aliphatic carbocycles. The molecule has 0 aromatic carbocycles. The third-order valence-electron chi connectivity index (χ3n) is 1.18. The Hall–Kier alpha value is 0.170. The molecule has 0 bridgehead atoms. The van der Waals surface area contributed by atoms with E-state index in [0.717, 1.165) is 0 Å². The molecule has 0 saturated heterocycles. The number of aliphatic hydroxyl groups is 1. The predicted octanol–water partition coefficient (Wildman–Crippen LogP) is 2.12. The molecule has 2 heteroatoms. The standard InChI is InChI=1S/C7H11IO/c1-3-6(2)7(9)4-5-8/h3-7,9H,1H2,2H3/b5-4+/t6-,7-/m1/s1. The van der Waals surface area contributed by atoms with Gasteiger partial charge in [0, 0.05) is 5.92 Å². The molecule has 2 atom stereocenters. The van der Waals surface area contributed by atoms with Gasteiger partial charge in [0.15, 0.2) is 0 Å². The average molecular weight is 238 g/mol. The molecule has 0 aromatic heterocycles. The van der Waals surface area contributed by atoms with Crippen molar-refractivity contribution < 1.29 is 5.11 Å². The number of hydrogen-bond acceptors (Lipinski definition) is 1. The Morgan fingerprint density at radius 1 is 1.67 bits per heavy atom. The van der Waals surface area contributed by atoms with Crippen molar-refractivity contribution in [1.82, 2.24) is 0 Å². The Labute approximate surface area is 69.6 Å². The van der Waals surface area contributed by atoms with Crippen LogP contribution < -0.4 is 0 Å². The summed E-state index contributed by atoms with van der Waals surface area (Å²) in [6, 6.07) is 0. The number of halogens is 1. The zero-order valence-electron chi connectivity index (χ0n) is 5.42. The molecule has 1 nitrogen and oxygen atoms in total. The highest BCUT2D eigenvalue weighted by Crippen LogP contribution is 2.05. The molecule has 0 aliphatic heterocycles. The van der Waals surface area contributed by atoms with Crippen LogP contribution in [0.3, 0.4) is 0 Å². The van der Waals surface area contributed by atoms with Gasteiger partial charge in [-0.05, 0) is 10.2 Å². The van der Waals surface area contributed by atoms with Gasteiger partial charge < -0.3 is 5.11 Å². The summed E-state index contributed by atoms with van der Waals surface area (Å²) in [6.07, 6.45) is 3.10. The maximum Gasteiger partial charge on any atom is 0.0788 e. The van der Waals surface area contributed by atoms with Crippen LogP contribution in [0.4, 0.5) is 0 Å². The SMILES string of the molecule is C=C[C@@H](C)[C@H](O)/C=C/I. The summed E-state index contributed by atoms with van der Waals surface area (Å²) < 4.78 is 1.81. The van der Waals surface area contributed by atoms with E-state index in [1.54, 1.807) is 12.2 Å². The van der Waals surface area contributed by atoms with Crippen molar-refractivity contribution in [3.63, 3.8) is 0 Å². The molecule has 52 valence electrons. The van der Waals surface area contributed by atoms with Crippen molar-refractivity contribution in [3.8, 4) is 0 Å². The summed E-state index contributed by atoms with van der Waals surface area (Å²) in [6.45, 7) is 5.49. The number of rotatable bonds is 3. The lowest BCUT2D eigenvalue weighted by Gasteiger charge is -2.08. The third-order valence-corrected chi connectivity index (χ3v) is 1.60. The van der Waals surface area contributed by atoms with Crippen LogP contribution in [-0.2, 0) is 0 Å². The molecule has 0 heterocycles. The van der Waals surface area contributed by atoms with E-state index < -0.39 is 0 Å². The Balaban J connectivity index is 3.71. The molecule has 0 spiro atoms. The first kappa shape index (κ1) is 9.17. The summed E-state index contributed by atoms with van der Waals surface area (Å²) in [4.78, 5) is 0. The fourth-order valence-electron chi connectivity index (χ4n) is 0.389. The molecule has 0 rings (SSSR count). The largest absolute Gasteiger partial charge is 0.388 e. The molecule has 0 unspecified atom stereocenters. The van der Waals surface area contributed by atoms with E-state index in [4.69, 9.17) is 5.11 Å². The third kappa shape index (κ3) is 3.70. The molecule has 1 N–H and O–H groups in total. The second-order valence-corrected chi connectivity index (χ2v) is 2.62. The summed E-state index contributed by atoms with van der Waals surface area (Å²) >= 11 is 2.08. The number of hydrogen-bond donors (Lipinski definition) is 1. The second-order valence-electron chi connectivity index (χ2n) is 1.90. The van der Waals surface area contributed by atoms with E-state index in [1.807, 2.05) is 11.0 Å². The lowest BCUT2D eigenvalue weighted by atomic mass is 10.1. The Morgan fingerprint density at radius 3 is 2.56 bits per heavy atom. The minimum atomic E-state index is -0.376. The van der Waals surface area contributed by atoms with Gasteiger partial charge in [0.05, 0.1) is 6.10 Å². The normalized spacial score (nSPS) is 17.7. The van der Waals surface area contributed by atoms with Crippen molar-refractivity contribution in [1.29, 1.82) is 0 Å². The first-order valence-corrected chi connectivity index (χ1v) is 4.04. The smallest absolute Gasteiger partial charge is 0.0788 e. The van der Waals surface area contributed by atoms with Gasteiger partial charge in [0.25, 0.3) is 0 Å². The van der Waals surface area contributed by atoms with Gasteiger partial charge in [0.2, 0.25) is 0 Å². The van der Waals surface area contributed by atoms with Crippen LogP contribution in [0.15, 0.2) is 22.8 Å². The van der Waals surface area contributed by atoms with Gasteiger partial charge in [-0.1, -0.05) is 35.6 Å². The fraction of sp³-hybridized carbons (Fsp3) is 0.429. The van der Waals surface area contributed by atoms with E-state index >= 15 is 0 Å². The van der Waals surface area contributed by atoms with Crippen LogP contribution in [0.25, 0.3) is 0 Å². The van der Waals surface area contributed by atoms with Gasteiger partial charge in [0.1, 0.15) is 0 Å². The number of aliphatic hydroxyl groups excluding tert-OH is 1. The van der Waals surface area contributed by atoms with Crippen LogP contribution >= 0.6 is 22.6 Å². The quantitative estimate of drug-likeness (QED) is 0.589. The van der Waals surface area contributed by atoms with Crippen LogP contribution in [-0.4, -0.2) is 11.2 Å². The van der Waals surface area contributed by atoms with E-state index in [0.29, 0.717) is 0 Å². The highest BCUT2D eigenvalue weighted by atomic mass is 127. The zero-order chi connectivity index (χ0) is 7.28. The topological polar surface area (TPSA) is 20.2 Å². The minimum absolute atomic E-state index is 0.149. The molecule has 0 amide bonds. The van der Waals surface area contributed by atoms with Gasteiger partial charge in [-0.3, -0.25) is 0 Å². The van der Waals surface area contributed by atoms with Gasteiger partial charge in [-0.15, -0.1) is 6.58 Å². The molecule has 0 radical (unpaired) electrons. The zero-order valence-corrected chi connectivity index (χ0v) is 7.58. The predicted molar refractivity (Wildman–Crippen MR) is 48.5 cm³/mol. The lowest BCUT2D eigenvalue weighted by molar-refractivity contribution is 0.186. The summed E-state index contributed by atoms with van der Waals surface area (Å²) in [5, 5.41) is 9.15. The van der Waals surface area contributed by atoms with E-state index in [2.05, 4.69) is 29.2 Å². The molecular formula is C7H11IO. The van der Waals surface area contributed by atoms with E-state index in [-0.39, 0.29) is 12.0 Å². The van der Waals surface area contributed by atoms with Crippen LogP contribution in [0, 0.1) is 5.92 Å². The summed E-state index contributed by atoms with van der Waals surface area (Å²) in [5.74, 6) is 0.149. The molecule has 0 saturated carbocycles. The van der Waals surface area contributed by atoms with Crippen molar-refractivity contribution in [2.75, 3.05) is 0 Å². The van der Waals surface area contributed by atoms with Crippen molar-refractivity contribution in [2.45, 2.75) is 13.0 Å². The van der Waals surface area contributed by atoms with Crippen molar-refractivity contribution in [2.24, 2.45) is 5.92 Å². The van der Waals surface area contributed by atoms with Crippen LogP contribution in [0.1, 0.15) is 6.92 Å². The first-order chi connectivity index (χ1) is 4.22.